The van der Waals surface area contributed by atoms with Gasteiger partial charge in [-0.05, 0) is 43.5 Å². The Balaban J connectivity index is 1.95. The number of nitrogens with zero attached hydrogens (tertiary/aromatic N) is 2. The molecule has 1 aromatic rings. The molecule has 0 radical (unpaired) electrons. The number of hydrogen-bond acceptors (Lipinski definition) is 8. The molecule has 3 heterocycles. The molecule has 11 heteroatoms. The number of fused-ring (bicyclic) bond motifs is 3. The molecule has 1 aromatic heterocycles. The highest BCUT2D eigenvalue weighted by atomic mass is 28.4. The lowest BCUT2D eigenvalue weighted by Gasteiger charge is -2.39. The van der Waals surface area contributed by atoms with Crippen molar-refractivity contribution in [3.05, 3.63) is 65.6 Å². The molecule has 2 aliphatic heterocycles. The molecular formula is C34H51N3O7Si. The minimum Gasteiger partial charge on any atom is -0.457 e. The molecule has 0 spiro atoms. The van der Waals surface area contributed by atoms with E-state index >= 15 is 0 Å². The smallest absolute Gasteiger partial charge is 0.355 e. The van der Waals surface area contributed by atoms with Crippen molar-refractivity contribution >= 4 is 26.1 Å². The van der Waals surface area contributed by atoms with Crippen LogP contribution in [0.25, 0.3) is 0 Å². The summed E-state index contributed by atoms with van der Waals surface area (Å²) in [5, 5.41) is 13.8. The fourth-order valence-corrected chi connectivity index (χ4v) is 6.48. The second-order valence-electron chi connectivity index (χ2n) is 13.9. The first kappa shape index (κ1) is 36.2. The second kappa shape index (κ2) is 15.3. The average Bonchev–Trinajstić information content (AvgIpc) is 3.61. The van der Waals surface area contributed by atoms with Crippen molar-refractivity contribution in [2.45, 2.75) is 104 Å². The summed E-state index contributed by atoms with van der Waals surface area (Å²) in [7, 11) is -2.24. The first-order valence-corrected chi connectivity index (χ1v) is 18.7. The fraction of sp³-hybridized carbons (Fsp3) is 0.588. The van der Waals surface area contributed by atoms with E-state index < -0.39 is 38.5 Å². The Bertz CT molecular complexity index is 1340. The molecule has 45 heavy (non-hydrogen) atoms. The van der Waals surface area contributed by atoms with Crippen molar-refractivity contribution in [3.63, 3.8) is 0 Å². The van der Waals surface area contributed by atoms with Crippen molar-refractivity contribution in [2.75, 3.05) is 13.1 Å². The van der Waals surface area contributed by atoms with E-state index in [1.807, 2.05) is 39.8 Å². The second-order valence-corrected chi connectivity index (χ2v) is 18.6. The maximum absolute atomic E-state index is 13.5. The maximum atomic E-state index is 13.5. The summed E-state index contributed by atoms with van der Waals surface area (Å²) in [4.78, 5) is 45.2. The summed E-state index contributed by atoms with van der Waals surface area (Å²) < 4.78 is 18.4. The van der Waals surface area contributed by atoms with E-state index in [1.54, 1.807) is 18.2 Å². The highest BCUT2D eigenvalue weighted by molar-refractivity contribution is 6.74. The third kappa shape index (κ3) is 10.1. The van der Waals surface area contributed by atoms with E-state index in [0.717, 1.165) is 5.57 Å². The molecule has 0 fully saturated rings. The van der Waals surface area contributed by atoms with Crippen LogP contribution in [0, 0.1) is 11.8 Å². The van der Waals surface area contributed by atoms with Crippen LogP contribution in [0.2, 0.25) is 18.1 Å². The Morgan fingerprint density at radius 3 is 2.56 bits per heavy atom. The zero-order valence-corrected chi connectivity index (χ0v) is 29.3. The summed E-state index contributed by atoms with van der Waals surface area (Å²) >= 11 is 0. The molecular weight excluding hydrogens is 590 g/mol. The minimum atomic E-state index is -2.24. The SMILES string of the molecule is CC1=C\[C@@H](O)CC(O[Si](C)(C)C(C)(C)C)Cc2nc(co2)C(=O)N2CCC=C2C(=O)OC(C(C)C)[C@H](C)/C=C/C(=O)NC\C=C\1. The van der Waals surface area contributed by atoms with Gasteiger partial charge in [-0.25, -0.2) is 9.78 Å². The van der Waals surface area contributed by atoms with Gasteiger partial charge in [0.2, 0.25) is 5.91 Å². The Hall–Kier alpha value is -3.28. The zero-order chi connectivity index (χ0) is 33.5. The standard InChI is InChI=1S/C34H51N3O7Si/c1-22(2)31-24(4)14-15-29(39)35-16-10-12-23(3)18-25(38)19-26(44-45(8,9)34(5,6)7)20-30-36-27(21-42-30)32(40)37-17-11-13-28(37)33(41)43-31/h10,12-15,18,21-22,24-26,31,38H,11,16-17,19-20H2,1-9H3,(H,35,39)/b12-10+,15-14+,23-18+/t24-,25-,26?,31?/m1/s1. The zero-order valence-electron chi connectivity index (χ0n) is 28.3. The van der Waals surface area contributed by atoms with Gasteiger partial charge in [-0.3, -0.25) is 9.59 Å². The summed E-state index contributed by atoms with van der Waals surface area (Å²) in [6, 6.07) is 0. The number of nitrogens with one attached hydrogen (secondary N) is 1. The molecule has 2 unspecified atom stereocenters. The van der Waals surface area contributed by atoms with Gasteiger partial charge in [-0.1, -0.05) is 77.5 Å². The Kier molecular flexibility index (Phi) is 12.3. The normalized spacial score (nSPS) is 27.6. The lowest BCUT2D eigenvalue weighted by molar-refractivity contribution is -0.149. The number of cyclic esters (lactones) is 1. The van der Waals surface area contributed by atoms with Crippen molar-refractivity contribution in [2.24, 2.45) is 11.8 Å². The van der Waals surface area contributed by atoms with Crippen LogP contribution in [0.5, 0.6) is 0 Å². The van der Waals surface area contributed by atoms with E-state index in [2.05, 4.69) is 44.2 Å². The van der Waals surface area contributed by atoms with Crippen LogP contribution in [0.1, 0.15) is 77.7 Å². The predicted molar refractivity (Wildman–Crippen MR) is 176 cm³/mol. The number of oxazole rings is 1. The third-order valence-corrected chi connectivity index (χ3v) is 13.1. The van der Waals surface area contributed by atoms with Crippen molar-refractivity contribution < 1.29 is 33.1 Å². The van der Waals surface area contributed by atoms with Gasteiger partial charge in [0.15, 0.2) is 19.9 Å². The Morgan fingerprint density at radius 1 is 1.18 bits per heavy atom. The van der Waals surface area contributed by atoms with Crippen LogP contribution >= 0.6 is 0 Å². The Labute approximate surface area is 268 Å². The summed E-state index contributed by atoms with van der Waals surface area (Å²) in [5.41, 5.74) is 1.09. The molecule has 0 saturated carbocycles. The number of aliphatic hydroxyl groups is 1. The van der Waals surface area contributed by atoms with Gasteiger partial charge in [-0.15, -0.1) is 0 Å². The summed E-state index contributed by atoms with van der Waals surface area (Å²) in [5.74, 6) is -1.30. The number of carbonyl (C=O) groups excluding carboxylic acids is 3. The summed E-state index contributed by atoms with van der Waals surface area (Å²) in [6.07, 6.45) is 10.9. The molecule has 0 saturated heterocycles. The van der Waals surface area contributed by atoms with E-state index in [-0.39, 0.29) is 40.6 Å². The number of carbonyl (C=O) groups is 3. The quantitative estimate of drug-likeness (QED) is 0.328. The molecule has 248 valence electrons. The lowest BCUT2D eigenvalue weighted by Crippen LogP contribution is -2.45. The first-order valence-electron chi connectivity index (χ1n) is 15.8. The van der Waals surface area contributed by atoms with Crippen LogP contribution in [0.4, 0.5) is 0 Å². The number of esters is 1. The van der Waals surface area contributed by atoms with Crippen LogP contribution in [0.3, 0.4) is 0 Å². The van der Waals surface area contributed by atoms with E-state index in [4.69, 9.17) is 13.6 Å². The topological polar surface area (TPSA) is 131 Å². The van der Waals surface area contributed by atoms with Gasteiger partial charge in [0.25, 0.3) is 5.91 Å². The maximum Gasteiger partial charge on any atom is 0.355 e. The van der Waals surface area contributed by atoms with Gasteiger partial charge in [-0.2, -0.15) is 0 Å². The Morgan fingerprint density at radius 2 is 1.89 bits per heavy atom. The highest BCUT2D eigenvalue weighted by Crippen LogP contribution is 2.38. The molecule has 2 amide bonds. The number of rotatable bonds is 3. The number of allylic oxidation sites excluding steroid dienone is 2. The van der Waals surface area contributed by atoms with Gasteiger partial charge in [0, 0.05) is 31.8 Å². The minimum absolute atomic E-state index is 0.0371. The number of aliphatic hydroxyl groups excluding tert-OH is 1. The van der Waals surface area contributed by atoms with Crippen molar-refractivity contribution in [1.82, 2.24) is 15.2 Å². The van der Waals surface area contributed by atoms with E-state index in [9.17, 15) is 19.5 Å². The molecule has 10 nitrogen and oxygen atoms in total. The van der Waals surface area contributed by atoms with Crippen molar-refractivity contribution in [1.29, 1.82) is 0 Å². The highest BCUT2D eigenvalue weighted by Gasteiger charge is 2.40. The fourth-order valence-electron chi connectivity index (χ4n) is 5.11. The van der Waals surface area contributed by atoms with Crippen LogP contribution in [-0.4, -0.2) is 72.5 Å². The number of ether oxygens (including phenoxy) is 1. The molecule has 2 bridgehead atoms. The first-order chi connectivity index (χ1) is 21.0. The van der Waals surface area contributed by atoms with E-state index in [1.165, 1.54) is 17.2 Å². The van der Waals surface area contributed by atoms with Gasteiger partial charge in [0.05, 0.1) is 12.2 Å². The summed E-state index contributed by atoms with van der Waals surface area (Å²) in [6.45, 7) is 19.0. The largest absolute Gasteiger partial charge is 0.457 e. The van der Waals surface area contributed by atoms with Crippen LogP contribution in [0.15, 0.2) is 58.4 Å². The number of amides is 2. The number of aromatic nitrogens is 1. The van der Waals surface area contributed by atoms with Crippen LogP contribution < -0.4 is 5.32 Å². The van der Waals surface area contributed by atoms with Gasteiger partial charge < -0.3 is 28.9 Å². The number of hydrogen-bond donors (Lipinski definition) is 2. The molecule has 3 rings (SSSR count). The molecule has 0 aromatic carbocycles. The lowest BCUT2D eigenvalue weighted by atomic mass is 9.94. The average molecular weight is 642 g/mol. The van der Waals surface area contributed by atoms with Gasteiger partial charge >= 0.3 is 5.97 Å². The molecule has 4 atom stereocenters. The molecule has 2 aliphatic rings. The predicted octanol–water partition coefficient (Wildman–Crippen LogP) is 5.48. The third-order valence-electron chi connectivity index (χ3n) is 8.58. The molecule has 0 aliphatic carbocycles. The monoisotopic (exact) mass is 641 g/mol. The molecule has 2 N–H and O–H groups in total. The van der Waals surface area contributed by atoms with Crippen molar-refractivity contribution in [3.8, 4) is 0 Å². The van der Waals surface area contributed by atoms with E-state index in [0.29, 0.717) is 31.8 Å². The van der Waals surface area contributed by atoms with Crippen LogP contribution in [-0.2, 0) is 25.2 Å². The van der Waals surface area contributed by atoms with Gasteiger partial charge in [0.1, 0.15) is 18.1 Å².